The highest BCUT2D eigenvalue weighted by Crippen LogP contribution is 2.15. The van der Waals surface area contributed by atoms with Gasteiger partial charge in [0.25, 0.3) is 5.91 Å². The van der Waals surface area contributed by atoms with Crippen molar-refractivity contribution in [1.29, 1.82) is 0 Å². The Balaban J connectivity index is 2.55. The van der Waals surface area contributed by atoms with Crippen LogP contribution in [-0.2, 0) is 14.4 Å². The summed E-state index contributed by atoms with van der Waals surface area (Å²) in [5.41, 5.74) is -0.780. The number of hydroxylamine groups is 2. The molecule has 13 heavy (non-hydrogen) atoms. The number of methoxy groups -OCH3 is 1. The van der Waals surface area contributed by atoms with E-state index >= 15 is 0 Å². The highest BCUT2D eigenvalue weighted by molar-refractivity contribution is 5.83. The van der Waals surface area contributed by atoms with Crippen LogP contribution in [0.25, 0.3) is 0 Å². The SMILES string of the molecule is COC(C)(C)C(=O)N1CCCCO1. The van der Waals surface area contributed by atoms with E-state index in [4.69, 9.17) is 9.57 Å². The van der Waals surface area contributed by atoms with Crippen LogP contribution >= 0.6 is 0 Å². The lowest BCUT2D eigenvalue weighted by Gasteiger charge is -2.32. The number of rotatable bonds is 2. The quantitative estimate of drug-likeness (QED) is 0.646. The van der Waals surface area contributed by atoms with Gasteiger partial charge in [-0.05, 0) is 26.7 Å². The molecule has 0 atom stereocenters. The summed E-state index contributed by atoms with van der Waals surface area (Å²) in [6.07, 6.45) is 2.03. The van der Waals surface area contributed by atoms with Crippen LogP contribution in [0.15, 0.2) is 0 Å². The van der Waals surface area contributed by atoms with E-state index in [1.54, 1.807) is 13.8 Å². The van der Waals surface area contributed by atoms with E-state index in [1.165, 1.54) is 12.2 Å². The molecule has 1 heterocycles. The molecule has 0 aromatic heterocycles. The van der Waals surface area contributed by atoms with Gasteiger partial charge in [-0.15, -0.1) is 0 Å². The molecule has 4 nitrogen and oxygen atoms in total. The Morgan fingerprint density at radius 3 is 2.62 bits per heavy atom. The Morgan fingerprint density at radius 1 is 1.46 bits per heavy atom. The largest absolute Gasteiger partial charge is 0.369 e. The van der Waals surface area contributed by atoms with Gasteiger partial charge in [0, 0.05) is 13.7 Å². The molecule has 1 fully saturated rings. The van der Waals surface area contributed by atoms with Crippen molar-refractivity contribution in [2.24, 2.45) is 0 Å². The second kappa shape index (κ2) is 4.07. The molecular formula is C9H17NO3. The molecule has 0 radical (unpaired) electrons. The topological polar surface area (TPSA) is 38.8 Å². The predicted octanol–water partition coefficient (Wildman–Crippen LogP) is 0.965. The molecule has 0 aromatic rings. The summed E-state index contributed by atoms with van der Waals surface area (Å²) in [4.78, 5) is 17.0. The first-order valence-electron chi connectivity index (χ1n) is 4.58. The van der Waals surface area contributed by atoms with Gasteiger partial charge in [-0.3, -0.25) is 9.63 Å². The molecule has 1 aliphatic heterocycles. The lowest BCUT2D eigenvalue weighted by Crippen LogP contribution is -2.48. The van der Waals surface area contributed by atoms with E-state index in [9.17, 15) is 4.79 Å². The van der Waals surface area contributed by atoms with E-state index in [1.807, 2.05) is 0 Å². The van der Waals surface area contributed by atoms with Crippen molar-refractivity contribution in [2.45, 2.75) is 32.3 Å². The maximum atomic E-state index is 11.7. The molecule has 4 heteroatoms. The second-order valence-electron chi connectivity index (χ2n) is 3.66. The molecule has 0 saturated carbocycles. The molecule has 0 aromatic carbocycles. The number of carbonyl (C=O) groups is 1. The van der Waals surface area contributed by atoms with Crippen molar-refractivity contribution in [1.82, 2.24) is 5.06 Å². The minimum absolute atomic E-state index is 0.102. The van der Waals surface area contributed by atoms with E-state index in [0.29, 0.717) is 13.2 Å². The molecular weight excluding hydrogens is 170 g/mol. The Hall–Kier alpha value is -0.610. The van der Waals surface area contributed by atoms with Gasteiger partial charge in [0.1, 0.15) is 5.60 Å². The summed E-state index contributed by atoms with van der Waals surface area (Å²) in [5, 5.41) is 1.41. The van der Waals surface area contributed by atoms with E-state index in [0.717, 1.165) is 12.8 Å². The van der Waals surface area contributed by atoms with Gasteiger partial charge in [0.15, 0.2) is 0 Å². The number of hydrogen-bond donors (Lipinski definition) is 0. The summed E-state index contributed by atoms with van der Waals surface area (Å²) in [5.74, 6) is -0.102. The van der Waals surface area contributed by atoms with Gasteiger partial charge in [-0.1, -0.05) is 0 Å². The van der Waals surface area contributed by atoms with Crippen LogP contribution in [0.1, 0.15) is 26.7 Å². The third kappa shape index (κ3) is 2.42. The standard InChI is InChI=1S/C9H17NO3/c1-9(2,12-3)8(11)10-6-4-5-7-13-10/h4-7H2,1-3H3. The number of amides is 1. The molecule has 0 unspecified atom stereocenters. The van der Waals surface area contributed by atoms with Crippen LogP contribution in [0.3, 0.4) is 0 Å². The highest BCUT2D eigenvalue weighted by atomic mass is 16.7. The van der Waals surface area contributed by atoms with Crippen LogP contribution in [0, 0.1) is 0 Å². The summed E-state index contributed by atoms with van der Waals surface area (Å²) in [7, 11) is 1.53. The van der Waals surface area contributed by atoms with E-state index in [2.05, 4.69) is 0 Å². The molecule has 0 aliphatic carbocycles. The lowest BCUT2D eigenvalue weighted by atomic mass is 10.1. The van der Waals surface area contributed by atoms with Crippen LogP contribution in [-0.4, -0.2) is 36.8 Å². The van der Waals surface area contributed by atoms with Crippen LogP contribution in [0.2, 0.25) is 0 Å². The fraction of sp³-hybridized carbons (Fsp3) is 0.889. The Kier molecular flexibility index (Phi) is 3.27. The monoisotopic (exact) mass is 187 g/mol. The van der Waals surface area contributed by atoms with Crippen molar-refractivity contribution in [3.05, 3.63) is 0 Å². The first-order valence-corrected chi connectivity index (χ1v) is 4.58. The minimum atomic E-state index is -0.780. The number of nitrogens with zero attached hydrogens (tertiary/aromatic N) is 1. The van der Waals surface area contributed by atoms with Gasteiger partial charge in [0.2, 0.25) is 0 Å². The Morgan fingerprint density at radius 2 is 2.15 bits per heavy atom. The van der Waals surface area contributed by atoms with Crippen LogP contribution < -0.4 is 0 Å². The second-order valence-corrected chi connectivity index (χ2v) is 3.66. The fourth-order valence-corrected chi connectivity index (χ4v) is 1.14. The van der Waals surface area contributed by atoms with Crippen molar-refractivity contribution >= 4 is 5.91 Å². The predicted molar refractivity (Wildman–Crippen MR) is 48.0 cm³/mol. The van der Waals surface area contributed by atoms with Crippen LogP contribution in [0.4, 0.5) is 0 Å². The molecule has 1 rings (SSSR count). The molecule has 1 amide bonds. The van der Waals surface area contributed by atoms with E-state index < -0.39 is 5.60 Å². The van der Waals surface area contributed by atoms with Gasteiger partial charge >= 0.3 is 0 Å². The average molecular weight is 187 g/mol. The smallest absolute Gasteiger partial charge is 0.277 e. The van der Waals surface area contributed by atoms with Crippen molar-refractivity contribution < 1.29 is 14.4 Å². The minimum Gasteiger partial charge on any atom is -0.369 e. The van der Waals surface area contributed by atoms with Crippen molar-refractivity contribution in [3.8, 4) is 0 Å². The molecule has 0 bridgehead atoms. The van der Waals surface area contributed by atoms with E-state index in [-0.39, 0.29) is 5.91 Å². The summed E-state index contributed by atoms with van der Waals surface area (Å²) in [6.45, 7) is 4.79. The fourth-order valence-electron chi connectivity index (χ4n) is 1.14. The van der Waals surface area contributed by atoms with Gasteiger partial charge in [0.05, 0.1) is 6.61 Å². The van der Waals surface area contributed by atoms with Gasteiger partial charge < -0.3 is 4.74 Å². The first kappa shape index (κ1) is 10.5. The molecule has 1 aliphatic rings. The zero-order valence-electron chi connectivity index (χ0n) is 8.50. The Bertz CT molecular complexity index is 185. The number of ether oxygens (including phenoxy) is 1. The maximum Gasteiger partial charge on any atom is 0.277 e. The Labute approximate surface area is 78.8 Å². The van der Waals surface area contributed by atoms with Gasteiger partial charge in [-0.2, -0.15) is 0 Å². The first-order chi connectivity index (χ1) is 6.08. The van der Waals surface area contributed by atoms with Crippen molar-refractivity contribution in [2.75, 3.05) is 20.3 Å². The molecule has 0 N–H and O–H groups in total. The summed E-state index contributed by atoms with van der Waals surface area (Å²) < 4.78 is 5.08. The average Bonchev–Trinajstić information content (AvgIpc) is 2.18. The molecule has 76 valence electrons. The van der Waals surface area contributed by atoms with Crippen LogP contribution in [0.5, 0.6) is 0 Å². The highest BCUT2D eigenvalue weighted by Gasteiger charge is 2.33. The third-order valence-electron chi connectivity index (χ3n) is 2.25. The molecule has 1 saturated heterocycles. The summed E-state index contributed by atoms with van der Waals surface area (Å²) >= 11 is 0. The lowest BCUT2D eigenvalue weighted by molar-refractivity contribution is -0.213. The third-order valence-corrected chi connectivity index (χ3v) is 2.25. The van der Waals surface area contributed by atoms with Crippen molar-refractivity contribution in [3.63, 3.8) is 0 Å². The normalized spacial score (nSPS) is 18.8. The maximum absolute atomic E-state index is 11.7. The number of hydrogen-bond acceptors (Lipinski definition) is 3. The number of carbonyl (C=O) groups excluding carboxylic acids is 1. The zero-order valence-corrected chi connectivity index (χ0v) is 8.50. The molecule has 0 spiro atoms. The zero-order chi connectivity index (χ0) is 9.90. The van der Waals surface area contributed by atoms with Gasteiger partial charge in [-0.25, -0.2) is 5.06 Å². The summed E-state index contributed by atoms with van der Waals surface area (Å²) in [6, 6.07) is 0.